The van der Waals surface area contributed by atoms with Crippen LogP contribution in [0.1, 0.15) is 5.56 Å². The second-order valence-corrected chi connectivity index (χ2v) is 1.70. The Balaban J connectivity index is 3.03. The van der Waals surface area contributed by atoms with Crippen LogP contribution in [0.3, 0.4) is 0 Å². The second kappa shape index (κ2) is 2.09. The summed E-state index contributed by atoms with van der Waals surface area (Å²) < 4.78 is 0. The molecule has 1 heterocycles. The van der Waals surface area contributed by atoms with E-state index in [2.05, 4.69) is 16.9 Å². The molecule has 0 amide bonds. The highest BCUT2D eigenvalue weighted by molar-refractivity contribution is 6.28. The molecule has 0 bridgehead atoms. The molecule has 0 saturated carbocycles. The van der Waals surface area contributed by atoms with Gasteiger partial charge in [-0.3, -0.25) is 0 Å². The highest BCUT2D eigenvalue weighted by Gasteiger charge is 1.85. The zero-order chi connectivity index (χ0) is 5.98. The van der Waals surface area contributed by atoms with E-state index < -0.39 is 0 Å². The molecule has 2 nitrogen and oxygen atoms in total. The molecule has 1 radical (unpaired) electrons. The van der Waals surface area contributed by atoms with Crippen LogP contribution < -0.4 is 0 Å². The maximum atomic E-state index is 5.36. The van der Waals surface area contributed by atoms with E-state index in [0.29, 0.717) is 0 Å². The summed E-state index contributed by atoms with van der Waals surface area (Å²) in [5.74, 6) is 0. The number of hydrogen-bond acceptors (Lipinski definition) is 2. The maximum Gasteiger partial charge on any atom is 0.222 e. The van der Waals surface area contributed by atoms with Crippen LogP contribution in [-0.2, 0) is 0 Å². The molecule has 41 valence electrons. The lowest BCUT2D eigenvalue weighted by Crippen LogP contribution is -1.80. The lowest BCUT2D eigenvalue weighted by Gasteiger charge is -1.86. The highest BCUT2D eigenvalue weighted by atomic mass is 35.5. The third-order valence-corrected chi connectivity index (χ3v) is 0.869. The van der Waals surface area contributed by atoms with Crippen molar-refractivity contribution in [3.05, 3.63) is 30.2 Å². The fraction of sp³-hybridized carbons (Fsp3) is 0. The van der Waals surface area contributed by atoms with Gasteiger partial charge in [-0.05, 0) is 24.1 Å². The average Bonchev–Trinajstić information content (AvgIpc) is 1.77. The van der Waals surface area contributed by atoms with Gasteiger partial charge in [0.25, 0.3) is 0 Å². The topological polar surface area (TPSA) is 25.8 Å². The number of rotatable bonds is 0. The first-order chi connectivity index (χ1) is 3.79. The van der Waals surface area contributed by atoms with Gasteiger partial charge in [-0.25, -0.2) is 9.97 Å². The van der Waals surface area contributed by atoms with E-state index in [1.165, 1.54) is 0 Å². The van der Waals surface area contributed by atoms with Crippen molar-refractivity contribution in [1.82, 2.24) is 9.97 Å². The lowest BCUT2D eigenvalue weighted by molar-refractivity contribution is 1.15. The van der Waals surface area contributed by atoms with Crippen molar-refractivity contribution in [2.24, 2.45) is 0 Å². The van der Waals surface area contributed by atoms with E-state index in [9.17, 15) is 0 Å². The van der Waals surface area contributed by atoms with Gasteiger partial charge in [0.1, 0.15) is 0 Å². The Morgan fingerprint density at radius 2 is 1.88 bits per heavy atom. The third-order valence-electron chi connectivity index (χ3n) is 0.674. The van der Waals surface area contributed by atoms with Crippen molar-refractivity contribution in [3.8, 4) is 0 Å². The smallest absolute Gasteiger partial charge is 0.222 e. The maximum absolute atomic E-state index is 5.36. The summed E-state index contributed by atoms with van der Waals surface area (Å²) in [6.45, 7) is 3.58. The largest absolute Gasteiger partial charge is 0.226 e. The fourth-order valence-electron chi connectivity index (χ4n) is 0.339. The van der Waals surface area contributed by atoms with E-state index in [0.717, 1.165) is 5.56 Å². The predicted molar refractivity (Wildman–Crippen MR) is 31.5 cm³/mol. The molecule has 0 aromatic carbocycles. The summed E-state index contributed by atoms with van der Waals surface area (Å²) in [6, 6.07) is 0. The summed E-state index contributed by atoms with van der Waals surface area (Å²) in [6.07, 6.45) is 3.13. The number of hydrogen-bond donors (Lipinski definition) is 0. The van der Waals surface area contributed by atoms with E-state index in [1.807, 2.05) is 0 Å². The Hall–Kier alpha value is -0.630. The van der Waals surface area contributed by atoms with Gasteiger partial charge in [0.2, 0.25) is 5.28 Å². The number of aromatic nitrogens is 2. The van der Waals surface area contributed by atoms with Crippen LogP contribution in [0.25, 0.3) is 0 Å². The summed E-state index contributed by atoms with van der Waals surface area (Å²) in [5, 5.41) is 0.261. The van der Waals surface area contributed by atoms with Gasteiger partial charge in [-0.1, -0.05) is 0 Å². The molecule has 0 N–H and O–H groups in total. The van der Waals surface area contributed by atoms with Gasteiger partial charge in [0, 0.05) is 12.4 Å². The molecule has 1 aromatic heterocycles. The minimum atomic E-state index is 0.261. The van der Waals surface area contributed by atoms with Crippen LogP contribution in [0, 0.1) is 6.92 Å². The quantitative estimate of drug-likeness (QED) is 0.491. The Kier molecular flexibility index (Phi) is 1.44. The van der Waals surface area contributed by atoms with Gasteiger partial charge in [0.15, 0.2) is 0 Å². The van der Waals surface area contributed by atoms with E-state index >= 15 is 0 Å². The average molecular weight is 128 g/mol. The zero-order valence-corrected chi connectivity index (χ0v) is 4.89. The van der Waals surface area contributed by atoms with Crippen LogP contribution in [0.15, 0.2) is 12.4 Å². The summed E-state index contributed by atoms with van der Waals surface area (Å²) in [7, 11) is 0. The third kappa shape index (κ3) is 1.17. The van der Waals surface area contributed by atoms with Gasteiger partial charge in [-0.15, -0.1) is 0 Å². The fourth-order valence-corrected chi connectivity index (χ4v) is 0.437. The van der Waals surface area contributed by atoms with E-state index in [1.54, 1.807) is 12.4 Å². The predicted octanol–water partition coefficient (Wildman–Crippen LogP) is 1.31. The molecule has 0 spiro atoms. The Bertz CT molecular complexity index is 149. The van der Waals surface area contributed by atoms with Crippen LogP contribution in [-0.4, -0.2) is 9.97 Å². The van der Waals surface area contributed by atoms with Crippen molar-refractivity contribution in [2.75, 3.05) is 0 Å². The summed E-state index contributed by atoms with van der Waals surface area (Å²) in [5.41, 5.74) is 0.773. The minimum Gasteiger partial charge on any atom is -0.226 e. The monoisotopic (exact) mass is 127 g/mol. The standard InChI is InChI=1S/C5H4ClN2/c1-4-2-7-5(6)8-3-4/h2-3H,1H2. The van der Waals surface area contributed by atoms with E-state index in [4.69, 9.17) is 11.6 Å². The van der Waals surface area contributed by atoms with Crippen molar-refractivity contribution >= 4 is 11.6 Å². The first kappa shape index (κ1) is 5.51. The van der Waals surface area contributed by atoms with Gasteiger partial charge < -0.3 is 0 Å². The molecular weight excluding hydrogens is 124 g/mol. The molecular formula is C5H4ClN2. The van der Waals surface area contributed by atoms with Crippen LogP contribution >= 0.6 is 11.6 Å². The molecule has 8 heavy (non-hydrogen) atoms. The van der Waals surface area contributed by atoms with E-state index in [-0.39, 0.29) is 5.28 Å². The molecule has 0 aliphatic rings. The molecule has 3 heteroatoms. The number of halogens is 1. The normalized spacial score (nSPS) is 9.25. The molecule has 0 aliphatic heterocycles. The summed E-state index contributed by atoms with van der Waals surface area (Å²) >= 11 is 5.36. The van der Waals surface area contributed by atoms with Crippen molar-refractivity contribution < 1.29 is 0 Å². The first-order valence-electron chi connectivity index (χ1n) is 2.08. The van der Waals surface area contributed by atoms with Crippen LogP contribution in [0.5, 0.6) is 0 Å². The Morgan fingerprint density at radius 1 is 1.38 bits per heavy atom. The summed E-state index contributed by atoms with van der Waals surface area (Å²) in [4.78, 5) is 7.34. The second-order valence-electron chi connectivity index (χ2n) is 1.36. The van der Waals surface area contributed by atoms with Crippen molar-refractivity contribution in [3.63, 3.8) is 0 Å². The van der Waals surface area contributed by atoms with Gasteiger partial charge in [-0.2, -0.15) is 0 Å². The highest BCUT2D eigenvalue weighted by Crippen LogP contribution is 1.97. The van der Waals surface area contributed by atoms with Gasteiger partial charge >= 0.3 is 0 Å². The lowest BCUT2D eigenvalue weighted by atomic mass is 10.4. The molecule has 1 aromatic rings. The number of nitrogens with zero attached hydrogens (tertiary/aromatic N) is 2. The zero-order valence-electron chi connectivity index (χ0n) is 4.13. The molecule has 1 rings (SSSR count). The minimum absolute atomic E-state index is 0.261. The Morgan fingerprint density at radius 3 is 2.25 bits per heavy atom. The van der Waals surface area contributed by atoms with Crippen LogP contribution in [0.2, 0.25) is 5.28 Å². The molecule has 0 saturated heterocycles. The SMILES string of the molecule is [CH2]c1cnc(Cl)nc1. The van der Waals surface area contributed by atoms with Crippen molar-refractivity contribution in [1.29, 1.82) is 0 Å². The molecule has 0 atom stereocenters. The van der Waals surface area contributed by atoms with Crippen molar-refractivity contribution in [2.45, 2.75) is 0 Å². The van der Waals surface area contributed by atoms with Crippen LogP contribution in [0.4, 0.5) is 0 Å². The van der Waals surface area contributed by atoms with Gasteiger partial charge in [0.05, 0.1) is 0 Å². The Labute approximate surface area is 52.5 Å². The first-order valence-corrected chi connectivity index (χ1v) is 2.46. The molecule has 0 aliphatic carbocycles. The molecule has 0 unspecified atom stereocenters. The molecule has 0 fully saturated rings.